The average molecular weight is 306 g/mol. The Kier molecular flexibility index (Phi) is 4.61. The topological polar surface area (TPSA) is 26.3 Å². The molecule has 0 spiro atoms. The van der Waals surface area contributed by atoms with Crippen LogP contribution in [0.15, 0.2) is 60.2 Å². The maximum atomic E-state index is 12.9. The van der Waals surface area contributed by atoms with Crippen molar-refractivity contribution in [2.75, 3.05) is 7.11 Å². The first-order chi connectivity index (χ1) is 11.2. The molecule has 23 heavy (non-hydrogen) atoms. The van der Waals surface area contributed by atoms with Crippen molar-refractivity contribution in [3.05, 3.63) is 71.3 Å². The summed E-state index contributed by atoms with van der Waals surface area (Å²) in [6, 6.07) is 18.2. The van der Waals surface area contributed by atoms with Crippen LogP contribution in [0.4, 0.5) is 0 Å². The van der Waals surface area contributed by atoms with Crippen LogP contribution in [0.3, 0.4) is 0 Å². The molecule has 2 aromatic rings. The molecule has 118 valence electrons. The first-order valence-electron chi connectivity index (χ1n) is 8.20. The van der Waals surface area contributed by atoms with Gasteiger partial charge in [0.05, 0.1) is 13.0 Å². The van der Waals surface area contributed by atoms with Crippen LogP contribution in [-0.2, 0) is 4.79 Å². The van der Waals surface area contributed by atoms with Crippen LogP contribution in [-0.4, -0.2) is 12.9 Å². The zero-order chi connectivity index (χ0) is 16.2. The third-order valence-electron chi connectivity index (χ3n) is 4.53. The van der Waals surface area contributed by atoms with Crippen molar-refractivity contribution < 1.29 is 9.53 Å². The second-order valence-electron chi connectivity index (χ2n) is 5.97. The van der Waals surface area contributed by atoms with Gasteiger partial charge in [0, 0.05) is 0 Å². The lowest BCUT2D eigenvalue weighted by atomic mass is 9.93. The molecule has 0 saturated heterocycles. The molecular weight excluding hydrogens is 284 g/mol. The van der Waals surface area contributed by atoms with Crippen LogP contribution in [0.5, 0.6) is 5.75 Å². The van der Waals surface area contributed by atoms with Gasteiger partial charge in [-0.3, -0.25) is 4.79 Å². The van der Waals surface area contributed by atoms with E-state index in [0.717, 1.165) is 36.1 Å². The Labute approximate surface area is 137 Å². The van der Waals surface area contributed by atoms with Crippen molar-refractivity contribution in [2.24, 2.45) is 0 Å². The van der Waals surface area contributed by atoms with Crippen molar-refractivity contribution in [2.45, 2.75) is 32.1 Å². The van der Waals surface area contributed by atoms with Crippen LogP contribution in [0.2, 0.25) is 0 Å². The van der Waals surface area contributed by atoms with Crippen LogP contribution < -0.4 is 4.74 Å². The van der Waals surface area contributed by atoms with Gasteiger partial charge in [0.1, 0.15) is 5.75 Å². The lowest BCUT2D eigenvalue weighted by molar-refractivity contribution is -0.116. The van der Waals surface area contributed by atoms with Crippen LogP contribution in [0, 0.1) is 0 Å². The second kappa shape index (κ2) is 6.82. The molecule has 1 aliphatic carbocycles. The van der Waals surface area contributed by atoms with Gasteiger partial charge < -0.3 is 4.74 Å². The highest BCUT2D eigenvalue weighted by Gasteiger charge is 2.33. The SMILES string of the molecule is CCCC1=C(c2ccccc2)CC(c2ccc(OC)cc2)C1=O. The summed E-state index contributed by atoms with van der Waals surface area (Å²) in [6.07, 6.45) is 2.65. The fourth-order valence-electron chi connectivity index (χ4n) is 3.34. The molecule has 1 atom stereocenters. The third kappa shape index (κ3) is 3.07. The highest BCUT2D eigenvalue weighted by Crippen LogP contribution is 2.42. The minimum absolute atomic E-state index is 0.0577. The molecule has 2 heteroatoms. The van der Waals surface area contributed by atoms with Crippen LogP contribution in [0.1, 0.15) is 43.2 Å². The summed E-state index contributed by atoms with van der Waals surface area (Å²) in [6.45, 7) is 2.13. The molecular formula is C21H22O2. The summed E-state index contributed by atoms with van der Waals surface area (Å²) in [7, 11) is 1.66. The Morgan fingerprint density at radius 1 is 1.04 bits per heavy atom. The predicted octanol–water partition coefficient (Wildman–Crippen LogP) is 5.01. The Morgan fingerprint density at radius 2 is 1.74 bits per heavy atom. The summed E-state index contributed by atoms with van der Waals surface area (Å²) in [5.41, 5.74) is 4.49. The number of Topliss-reactive ketones (excluding diaryl/α,β-unsaturated/α-hetero) is 1. The molecule has 0 amide bonds. The van der Waals surface area contributed by atoms with Gasteiger partial charge in [0.15, 0.2) is 5.78 Å². The van der Waals surface area contributed by atoms with E-state index in [2.05, 4.69) is 19.1 Å². The van der Waals surface area contributed by atoms with Crippen molar-refractivity contribution in [3.8, 4) is 5.75 Å². The van der Waals surface area contributed by atoms with E-state index in [0.29, 0.717) is 0 Å². The van der Waals surface area contributed by atoms with Gasteiger partial charge in [-0.25, -0.2) is 0 Å². The van der Waals surface area contributed by atoms with E-state index in [1.807, 2.05) is 42.5 Å². The molecule has 0 fully saturated rings. The molecule has 0 heterocycles. The van der Waals surface area contributed by atoms with E-state index < -0.39 is 0 Å². The fourth-order valence-corrected chi connectivity index (χ4v) is 3.34. The third-order valence-corrected chi connectivity index (χ3v) is 4.53. The van der Waals surface area contributed by atoms with E-state index in [4.69, 9.17) is 4.74 Å². The van der Waals surface area contributed by atoms with Crippen molar-refractivity contribution in [1.82, 2.24) is 0 Å². The van der Waals surface area contributed by atoms with Gasteiger partial charge >= 0.3 is 0 Å². The summed E-state index contributed by atoms with van der Waals surface area (Å²) in [5.74, 6) is 1.05. The van der Waals surface area contributed by atoms with Crippen LogP contribution >= 0.6 is 0 Å². The standard InChI is InChI=1S/C21H22O2/c1-3-7-18-19(15-8-5-4-6-9-15)14-20(21(18)22)16-10-12-17(23-2)13-11-16/h4-6,8-13,20H,3,7,14H2,1-2H3. The lowest BCUT2D eigenvalue weighted by Gasteiger charge is -2.11. The molecule has 2 nitrogen and oxygen atoms in total. The highest BCUT2D eigenvalue weighted by molar-refractivity contribution is 6.11. The van der Waals surface area contributed by atoms with Crippen molar-refractivity contribution in [1.29, 1.82) is 0 Å². The Balaban J connectivity index is 1.94. The van der Waals surface area contributed by atoms with E-state index in [9.17, 15) is 4.79 Å². The molecule has 0 bridgehead atoms. The van der Waals surface area contributed by atoms with Crippen molar-refractivity contribution >= 4 is 11.4 Å². The summed E-state index contributed by atoms with van der Waals surface area (Å²) in [5, 5.41) is 0. The Hall–Kier alpha value is -2.35. The van der Waals surface area contributed by atoms with Crippen LogP contribution in [0.25, 0.3) is 5.57 Å². The van der Waals surface area contributed by atoms with Gasteiger partial charge in [0.2, 0.25) is 0 Å². The normalized spacial score (nSPS) is 17.7. The summed E-state index contributed by atoms with van der Waals surface area (Å²) < 4.78 is 5.21. The van der Waals surface area contributed by atoms with Crippen molar-refractivity contribution in [3.63, 3.8) is 0 Å². The first-order valence-corrected chi connectivity index (χ1v) is 8.20. The monoisotopic (exact) mass is 306 g/mol. The van der Waals surface area contributed by atoms with Gasteiger partial charge in [0.25, 0.3) is 0 Å². The number of ketones is 1. The maximum Gasteiger partial charge on any atom is 0.166 e. The molecule has 0 radical (unpaired) electrons. The van der Waals surface area contributed by atoms with E-state index >= 15 is 0 Å². The first kappa shape index (κ1) is 15.5. The molecule has 0 saturated carbocycles. The van der Waals surface area contributed by atoms with Gasteiger partial charge in [-0.2, -0.15) is 0 Å². The molecule has 0 N–H and O–H groups in total. The number of allylic oxidation sites excluding steroid dienone is 2. The highest BCUT2D eigenvalue weighted by atomic mass is 16.5. The quantitative estimate of drug-likeness (QED) is 0.776. The number of carbonyl (C=O) groups is 1. The van der Waals surface area contributed by atoms with E-state index in [-0.39, 0.29) is 11.7 Å². The average Bonchev–Trinajstić information content (AvgIpc) is 2.93. The lowest BCUT2D eigenvalue weighted by Crippen LogP contribution is -2.08. The smallest absolute Gasteiger partial charge is 0.166 e. The molecule has 1 unspecified atom stereocenters. The maximum absolute atomic E-state index is 12.9. The van der Waals surface area contributed by atoms with Gasteiger partial charge in [-0.1, -0.05) is 55.8 Å². The fraction of sp³-hybridized carbons (Fsp3) is 0.286. The Bertz CT molecular complexity index is 711. The molecule has 1 aliphatic rings. The number of ether oxygens (including phenoxy) is 1. The predicted molar refractivity (Wildman–Crippen MR) is 93.6 cm³/mol. The number of methoxy groups -OCH3 is 1. The number of carbonyl (C=O) groups excluding carboxylic acids is 1. The van der Waals surface area contributed by atoms with Gasteiger partial charge in [-0.05, 0) is 47.2 Å². The Morgan fingerprint density at radius 3 is 2.35 bits per heavy atom. The number of rotatable bonds is 5. The van der Waals surface area contributed by atoms with E-state index in [1.54, 1.807) is 7.11 Å². The summed E-state index contributed by atoms with van der Waals surface area (Å²) >= 11 is 0. The zero-order valence-electron chi connectivity index (χ0n) is 13.7. The number of hydrogen-bond donors (Lipinski definition) is 0. The molecule has 0 aromatic heterocycles. The minimum Gasteiger partial charge on any atom is -0.497 e. The number of hydrogen-bond acceptors (Lipinski definition) is 2. The second-order valence-corrected chi connectivity index (χ2v) is 5.97. The molecule has 3 rings (SSSR count). The molecule has 2 aromatic carbocycles. The molecule has 0 aliphatic heterocycles. The van der Waals surface area contributed by atoms with E-state index in [1.165, 1.54) is 11.1 Å². The number of benzene rings is 2. The zero-order valence-corrected chi connectivity index (χ0v) is 13.7. The summed E-state index contributed by atoms with van der Waals surface area (Å²) in [4.78, 5) is 12.9. The van der Waals surface area contributed by atoms with Gasteiger partial charge in [-0.15, -0.1) is 0 Å². The largest absolute Gasteiger partial charge is 0.497 e. The minimum atomic E-state index is -0.0577.